The molecule has 0 aromatic heterocycles. The van der Waals surface area contributed by atoms with Crippen LogP contribution in [0.15, 0.2) is 65.6 Å². The van der Waals surface area contributed by atoms with Crippen molar-refractivity contribution in [3.63, 3.8) is 0 Å². The standard InChI is InChI=1S/C25H28N2O6S/c1-16-7-6-8-23(17(16)2)33-18(3)25(28)26-19-9-12-21(13-10-19)34(29,30)27-22-15-20(31-4)11-14-24(22)32-5/h6-15,18,27H,1-5H3,(H,26,28). The summed E-state index contributed by atoms with van der Waals surface area (Å²) in [7, 11) is -0.971. The largest absolute Gasteiger partial charge is 0.497 e. The Bertz CT molecular complexity index is 1270. The fraction of sp³-hybridized carbons (Fsp3) is 0.240. The molecule has 0 aliphatic carbocycles. The van der Waals surface area contributed by atoms with Crippen LogP contribution in [0.4, 0.5) is 11.4 Å². The molecule has 1 amide bonds. The topological polar surface area (TPSA) is 103 Å². The molecule has 2 N–H and O–H groups in total. The molecule has 180 valence electrons. The average Bonchev–Trinajstić information content (AvgIpc) is 2.82. The Balaban J connectivity index is 1.69. The first kappa shape index (κ1) is 24.9. The van der Waals surface area contributed by atoms with E-state index in [0.717, 1.165) is 11.1 Å². The molecule has 8 nitrogen and oxygen atoms in total. The minimum absolute atomic E-state index is 0.0232. The van der Waals surface area contributed by atoms with Crippen LogP contribution in [0.1, 0.15) is 18.1 Å². The fourth-order valence-electron chi connectivity index (χ4n) is 3.15. The predicted octanol–water partition coefficient (Wildman–Crippen LogP) is 4.53. The summed E-state index contributed by atoms with van der Waals surface area (Å²) in [5.74, 6) is 1.12. The number of carbonyl (C=O) groups is 1. The van der Waals surface area contributed by atoms with Crippen molar-refractivity contribution in [2.45, 2.75) is 31.8 Å². The number of nitrogens with one attached hydrogen (secondary N) is 2. The molecule has 0 spiro atoms. The molecule has 1 atom stereocenters. The lowest BCUT2D eigenvalue weighted by Gasteiger charge is -2.17. The summed E-state index contributed by atoms with van der Waals surface area (Å²) < 4.78 is 44.4. The molecular formula is C25H28N2O6S. The van der Waals surface area contributed by atoms with Crippen LogP contribution in [0.25, 0.3) is 0 Å². The van der Waals surface area contributed by atoms with E-state index < -0.39 is 16.1 Å². The van der Waals surface area contributed by atoms with Crippen LogP contribution in [0.2, 0.25) is 0 Å². The quantitative estimate of drug-likeness (QED) is 0.463. The van der Waals surface area contributed by atoms with E-state index in [-0.39, 0.29) is 16.5 Å². The van der Waals surface area contributed by atoms with Gasteiger partial charge in [0.15, 0.2) is 6.10 Å². The molecule has 3 aromatic rings. The lowest BCUT2D eigenvalue weighted by atomic mass is 10.1. The van der Waals surface area contributed by atoms with Crippen LogP contribution in [0, 0.1) is 13.8 Å². The Labute approximate surface area is 199 Å². The van der Waals surface area contributed by atoms with Crippen molar-refractivity contribution < 1.29 is 27.4 Å². The number of ether oxygens (including phenoxy) is 3. The normalized spacial score (nSPS) is 11.9. The molecule has 0 bridgehead atoms. The van der Waals surface area contributed by atoms with Gasteiger partial charge in [0.05, 0.1) is 24.8 Å². The molecule has 3 aromatic carbocycles. The summed E-state index contributed by atoms with van der Waals surface area (Å²) in [5, 5.41) is 2.74. The first-order chi connectivity index (χ1) is 16.1. The van der Waals surface area contributed by atoms with Gasteiger partial charge in [-0.15, -0.1) is 0 Å². The number of benzene rings is 3. The number of hydrogen-bond donors (Lipinski definition) is 2. The van der Waals surface area contributed by atoms with E-state index in [1.165, 1.54) is 44.6 Å². The predicted molar refractivity (Wildman–Crippen MR) is 131 cm³/mol. The van der Waals surface area contributed by atoms with Gasteiger partial charge in [0.2, 0.25) is 0 Å². The van der Waals surface area contributed by atoms with Gasteiger partial charge < -0.3 is 19.5 Å². The molecule has 0 aliphatic rings. The molecule has 3 rings (SSSR count). The van der Waals surface area contributed by atoms with Crippen molar-refractivity contribution >= 4 is 27.3 Å². The molecule has 0 saturated carbocycles. The molecule has 9 heteroatoms. The molecule has 1 unspecified atom stereocenters. The van der Waals surface area contributed by atoms with Gasteiger partial charge in [-0.3, -0.25) is 9.52 Å². The highest BCUT2D eigenvalue weighted by atomic mass is 32.2. The van der Waals surface area contributed by atoms with E-state index in [9.17, 15) is 13.2 Å². The Morgan fingerprint density at radius 3 is 2.26 bits per heavy atom. The fourth-order valence-corrected chi connectivity index (χ4v) is 4.22. The van der Waals surface area contributed by atoms with E-state index in [1.807, 2.05) is 32.0 Å². The number of sulfonamides is 1. The average molecular weight is 485 g/mol. The smallest absolute Gasteiger partial charge is 0.265 e. The number of rotatable bonds is 9. The monoisotopic (exact) mass is 484 g/mol. The molecule has 0 saturated heterocycles. The number of carbonyl (C=O) groups excluding carboxylic acids is 1. The molecular weight excluding hydrogens is 456 g/mol. The third kappa shape index (κ3) is 5.79. The van der Waals surface area contributed by atoms with Gasteiger partial charge in [-0.2, -0.15) is 0 Å². The first-order valence-electron chi connectivity index (χ1n) is 10.5. The number of methoxy groups -OCH3 is 2. The lowest BCUT2D eigenvalue weighted by Crippen LogP contribution is -2.30. The van der Waals surface area contributed by atoms with Gasteiger partial charge in [-0.05, 0) is 74.4 Å². The number of hydrogen-bond acceptors (Lipinski definition) is 6. The Morgan fingerprint density at radius 1 is 0.912 bits per heavy atom. The summed E-state index contributed by atoms with van der Waals surface area (Å²) >= 11 is 0. The minimum atomic E-state index is -3.90. The van der Waals surface area contributed by atoms with Gasteiger partial charge in [-0.1, -0.05) is 12.1 Å². The third-order valence-electron chi connectivity index (χ3n) is 5.31. The van der Waals surface area contributed by atoms with Crippen molar-refractivity contribution in [2.24, 2.45) is 0 Å². The Morgan fingerprint density at radius 2 is 1.62 bits per heavy atom. The molecule has 34 heavy (non-hydrogen) atoms. The highest BCUT2D eigenvalue weighted by Crippen LogP contribution is 2.31. The highest BCUT2D eigenvalue weighted by molar-refractivity contribution is 7.92. The highest BCUT2D eigenvalue weighted by Gasteiger charge is 2.19. The van der Waals surface area contributed by atoms with Gasteiger partial charge in [-0.25, -0.2) is 8.42 Å². The zero-order chi connectivity index (χ0) is 24.9. The summed E-state index contributed by atoms with van der Waals surface area (Å²) in [5.41, 5.74) is 2.73. The van der Waals surface area contributed by atoms with E-state index in [1.54, 1.807) is 19.1 Å². The van der Waals surface area contributed by atoms with Crippen molar-refractivity contribution in [3.8, 4) is 17.2 Å². The van der Waals surface area contributed by atoms with Gasteiger partial charge in [0.1, 0.15) is 17.2 Å². The maximum absolute atomic E-state index is 12.9. The summed E-state index contributed by atoms with van der Waals surface area (Å²) in [6, 6.07) is 16.3. The zero-order valence-electron chi connectivity index (χ0n) is 19.7. The first-order valence-corrected chi connectivity index (χ1v) is 12.0. The van der Waals surface area contributed by atoms with Crippen LogP contribution in [0.5, 0.6) is 17.2 Å². The van der Waals surface area contributed by atoms with Crippen molar-refractivity contribution in [3.05, 3.63) is 71.8 Å². The van der Waals surface area contributed by atoms with Crippen LogP contribution in [-0.4, -0.2) is 34.6 Å². The zero-order valence-corrected chi connectivity index (χ0v) is 20.5. The number of aryl methyl sites for hydroxylation is 1. The third-order valence-corrected chi connectivity index (χ3v) is 6.69. The summed E-state index contributed by atoms with van der Waals surface area (Å²) in [4.78, 5) is 12.6. The second-order valence-electron chi connectivity index (χ2n) is 7.64. The van der Waals surface area contributed by atoms with Crippen molar-refractivity contribution in [2.75, 3.05) is 24.3 Å². The second-order valence-corrected chi connectivity index (χ2v) is 9.33. The molecule has 0 fully saturated rings. The maximum atomic E-state index is 12.9. The van der Waals surface area contributed by atoms with Crippen molar-refractivity contribution in [1.29, 1.82) is 0 Å². The van der Waals surface area contributed by atoms with Crippen LogP contribution in [0.3, 0.4) is 0 Å². The second kappa shape index (κ2) is 10.5. The van der Waals surface area contributed by atoms with Gasteiger partial charge >= 0.3 is 0 Å². The van der Waals surface area contributed by atoms with E-state index in [4.69, 9.17) is 14.2 Å². The van der Waals surface area contributed by atoms with Crippen molar-refractivity contribution in [1.82, 2.24) is 0 Å². The van der Waals surface area contributed by atoms with E-state index in [0.29, 0.717) is 22.9 Å². The minimum Gasteiger partial charge on any atom is -0.497 e. The maximum Gasteiger partial charge on any atom is 0.265 e. The van der Waals surface area contributed by atoms with Crippen LogP contribution >= 0.6 is 0 Å². The lowest BCUT2D eigenvalue weighted by molar-refractivity contribution is -0.122. The van der Waals surface area contributed by atoms with E-state index >= 15 is 0 Å². The van der Waals surface area contributed by atoms with Crippen LogP contribution < -0.4 is 24.2 Å². The molecule has 0 heterocycles. The molecule has 0 aliphatic heterocycles. The number of anilines is 2. The Hall–Kier alpha value is -3.72. The molecule has 0 radical (unpaired) electrons. The Kier molecular flexibility index (Phi) is 7.68. The van der Waals surface area contributed by atoms with Gasteiger partial charge in [0.25, 0.3) is 15.9 Å². The summed E-state index contributed by atoms with van der Waals surface area (Å²) in [6.07, 6.45) is -0.744. The van der Waals surface area contributed by atoms with Gasteiger partial charge in [0, 0.05) is 11.8 Å². The van der Waals surface area contributed by atoms with Crippen LogP contribution in [-0.2, 0) is 14.8 Å². The van der Waals surface area contributed by atoms with E-state index in [2.05, 4.69) is 10.0 Å². The number of amides is 1. The SMILES string of the molecule is COc1ccc(OC)c(NS(=O)(=O)c2ccc(NC(=O)C(C)Oc3cccc(C)c3C)cc2)c1. The summed E-state index contributed by atoms with van der Waals surface area (Å²) in [6.45, 7) is 5.56.